The quantitative estimate of drug-likeness (QED) is 0.672. The summed E-state index contributed by atoms with van der Waals surface area (Å²) < 4.78 is 0. The molecule has 0 radical (unpaired) electrons. The Morgan fingerprint density at radius 2 is 1.67 bits per heavy atom. The third-order valence-electron chi connectivity index (χ3n) is 1.66. The minimum absolute atomic E-state index is 1.22. The van der Waals surface area contributed by atoms with E-state index >= 15 is 0 Å². The standard InChI is InChI=1S/C9H13N.C2H6/c1-7-4-5-8(2)9(6-7)10-3;1-2/h4-6,10H,1-3H3;1-2H3. The summed E-state index contributed by atoms with van der Waals surface area (Å²) in [6.07, 6.45) is 0. The predicted molar refractivity (Wildman–Crippen MR) is 56.8 cm³/mol. The minimum atomic E-state index is 1.22. The van der Waals surface area contributed by atoms with Crippen molar-refractivity contribution in [2.75, 3.05) is 12.4 Å². The number of rotatable bonds is 1. The second-order valence-electron chi connectivity index (χ2n) is 2.57. The van der Waals surface area contributed by atoms with Gasteiger partial charge in [-0.1, -0.05) is 26.0 Å². The molecule has 68 valence electrons. The first kappa shape index (κ1) is 11.0. The van der Waals surface area contributed by atoms with Gasteiger partial charge in [0.25, 0.3) is 0 Å². The third kappa shape index (κ3) is 2.95. The maximum Gasteiger partial charge on any atom is 0.0369 e. The van der Waals surface area contributed by atoms with Gasteiger partial charge in [0.1, 0.15) is 0 Å². The highest BCUT2D eigenvalue weighted by Gasteiger charge is 1.92. The summed E-state index contributed by atoms with van der Waals surface area (Å²) in [6.45, 7) is 8.20. The molecule has 1 heteroatoms. The minimum Gasteiger partial charge on any atom is -0.388 e. The maximum absolute atomic E-state index is 3.14. The van der Waals surface area contributed by atoms with Crippen molar-refractivity contribution in [3.63, 3.8) is 0 Å². The van der Waals surface area contributed by atoms with Gasteiger partial charge in [-0.3, -0.25) is 0 Å². The van der Waals surface area contributed by atoms with Gasteiger partial charge in [0.05, 0.1) is 0 Å². The molecule has 1 aromatic rings. The molecular formula is C11H19N. The molecule has 0 amide bonds. The van der Waals surface area contributed by atoms with Gasteiger partial charge in [0.15, 0.2) is 0 Å². The van der Waals surface area contributed by atoms with E-state index in [0.29, 0.717) is 0 Å². The van der Waals surface area contributed by atoms with Crippen molar-refractivity contribution in [1.82, 2.24) is 0 Å². The van der Waals surface area contributed by atoms with E-state index in [1.54, 1.807) is 0 Å². The summed E-state index contributed by atoms with van der Waals surface area (Å²) in [5.41, 5.74) is 3.82. The summed E-state index contributed by atoms with van der Waals surface area (Å²) in [6, 6.07) is 6.40. The fourth-order valence-electron chi connectivity index (χ4n) is 1.01. The zero-order chi connectivity index (χ0) is 9.56. The average Bonchev–Trinajstić information content (AvgIpc) is 2.13. The van der Waals surface area contributed by atoms with Gasteiger partial charge in [0.2, 0.25) is 0 Å². The summed E-state index contributed by atoms with van der Waals surface area (Å²) in [4.78, 5) is 0. The molecule has 0 heterocycles. The predicted octanol–water partition coefficient (Wildman–Crippen LogP) is 3.37. The second-order valence-corrected chi connectivity index (χ2v) is 2.57. The van der Waals surface area contributed by atoms with E-state index in [0.717, 1.165) is 0 Å². The van der Waals surface area contributed by atoms with Crippen LogP contribution in [0.1, 0.15) is 25.0 Å². The largest absolute Gasteiger partial charge is 0.388 e. The Morgan fingerprint density at radius 1 is 1.08 bits per heavy atom. The van der Waals surface area contributed by atoms with Gasteiger partial charge in [-0.25, -0.2) is 0 Å². The molecule has 0 saturated heterocycles. The summed E-state index contributed by atoms with van der Waals surface area (Å²) >= 11 is 0. The summed E-state index contributed by atoms with van der Waals surface area (Å²) in [7, 11) is 1.95. The van der Waals surface area contributed by atoms with Crippen molar-refractivity contribution in [2.45, 2.75) is 27.7 Å². The Labute approximate surface area is 75.8 Å². The summed E-state index contributed by atoms with van der Waals surface area (Å²) in [5.74, 6) is 0. The molecule has 0 bridgehead atoms. The van der Waals surface area contributed by atoms with Crippen LogP contribution in [-0.2, 0) is 0 Å². The molecular weight excluding hydrogens is 146 g/mol. The van der Waals surface area contributed by atoms with E-state index in [2.05, 4.69) is 37.4 Å². The van der Waals surface area contributed by atoms with Crippen LogP contribution in [0.5, 0.6) is 0 Å². The molecule has 0 atom stereocenters. The van der Waals surface area contributed by atoms with Gasteiger partial charge in [-0.2, -0.15) is 0 Å². The zero-order valence-corrected chi connectivity index (χ0v) is 8.73. The van der Waals surface area contributed by atoms with E-state index in [4.69, 9.17) is 0 Å². The average molecular weight is 165 g/mol. The molecule has 1 aromatic carbocycles. The first-order chi connectivity index (χ1) is 5.74. The van der Waals surface area contributed by atoms with Gasteiger partial charge >= 0.3 is 0 Å². The first-order valence-electron chi connectivity index (χ1n) is 4.49. The maximum atomic E-state index is 3.14. The monoisotopic (exact) mass is 165 g/mol. The van der Waals surface area contributed by atoms with Crippen molar-refractivity contribution in [3.05, 3.63) is 29.3 Å². The highest BCUT2D eigenvalue weighted by Crippen LogP contribution is 2.14. The molecule has 0 aromatic heterocycles. The molecule has 0 aliphatic rings. The van der Waals surface area contributed by atoms with Crippen molar-refractivity contribution >= 4 is 5.69 Å². The molecule has 12 heavy (non-hydrogen) atoms. The van der Waals surface area contributed by atoms with Crippen molar-refractivity contribution < 1.29 is 0 Å². The SMILES string of the molecule is CC.CNc1cc(C)ccc1C. The van der Waals surface area contributed by atoms with Gasteiger partial charge in [-0.15, -0.1) is 0 Å². The Hall–Kier alpha value is -0.980. The zero-order valence-electron chi connectivity index (χ0n) is 8.73. The van der Waals surface area contributed by atoms with Gasteiger partial charge < -0.3 is 5.32 Å². The lowest BCUT2D eigenvalue weighted by molar-refractivity contribution is 1.36. The van der Waals surface area contributed by atoms with Gasteiger partial charge in [0, 0.05) is 12.7 Å². The smallest absolute Gasteiger partial charge is 0.0369 e. The number of benzene rings is 1. The van der Waals surface area contributed by atoms with Gasteiger partial charge in [-0.05, 0) is 31.0 Å². The third-order valence-corrected chi connectivity index (χ3v) is 1.66. The fourth-order valence-corrected chi connectivity index (χ4v) is 1.01. The Morgan fingerprint density at radius 3 is 2.08 bits per heavy atom. The van der Waals surface area contributed by atoms with Crippen LogP contribution in [0, 0.1) is 13.8 Å². The molecule has 1 N–H and O–H groups in total. The molecule has 0 saturated carbocycles. The Bertz CT molecular complexity index is 228. The molecule has 0 fully saturated rings. The van der Waals surface area contributed by atoms with E-state index in [-0.39, 0.29) is 0 Å². The lowest BCUT2D eigenvalue weighted by Crippen LogP contribution is -1.91. The number of anilines is 1. The van der Waals surface area contributed by atoms with Crippen LogP contribution in [0.2, 0.25) is 0 Å². The topological polar surface area (TPSA) is 12.0 Å². The second kappa shape index (κ2) is 5.64. The molecule has 0 spiro atoms. The van der Waals surface area contributed by atoms with Crippen LogP contribution in [0.3, 0.4) is 0 Å². The molecule has 1 rings (SSSR count). The van der Waals surface area contributed by atoms with Crippen molar-refractivity contribution in [1.29, 1.82) is 0 Å². The lowest BCUT2D eigenvalue weighted by Gasteiger charge is -2.04. The van der Waals surface area contributed by atoms with Crippen LogP contribution in [-0.4, -0.2) is 7.05 Å². The lowest BCUT2D eigenvalue weighted by atomic mass is 10.1. The van der Waals surface area contributed by atoms with Crippen molar-refractivity contribution in [3.8, 4) is 0 Å². The van der Waals surface area contributed by atoms with E-state index in [1.165, 1.54) is 16.8 Å². The van der Waals surface area contributed by atoms with Crippen LogP contribution < -0.4 is 5.32 Å². The van der Waals surface area contributed by atoms with E-state index in [9.17, 15) is 0 Å². The van der Waals surface area contributed by atoms with Crippen LogP contribution in [0.15, 0.2) is 18.2 Å². The molecule has 0 aliphatic heterocycles. The fraction of sp³-hybridized carbons (Fsp3) is 0.455. The highest BCUT2D eigenvalue weighted by atomic mass is 14.8. The normalized spacial score (nSPS) is 8.42. The summed E-state index contributed by atoms with van der Waals surface area (Å²) in [5, 5.41) is 3.14. The number of hydrogen-bond acceptors (Lipinski definition) is 1. The van der Waals surface area contributed by atoms with Crippen LogP contribution >= 0.6 is 0 Å². The van der Waals surface area contributed by atoms with E-state index in [1.807, 2.05) is 20.9 Å². The number of hydrogen-bond donors (Lipinski definition) is 1. The molecule has 0 unspecified atom stereocenters. The Kier molecular flexibility index (Phi) is 5.18. The van der Waals surface area contributed by atoms with Crippen LogP contribution in [0.4, 0.5) is 5.69 Å². The number of nitrogens with one attached hydrogen (secondary N) is 1. The Balaban J connectivity index is 0.000000561. The molecule has 0 aliphatic carbocycles. The molecule has 1 nitrogen and oxygen atoms in total. The highest BCUT2D eigenvalue weighted by molar-refractivity contribution is 5.51. The van der Waals surface area contributed by atoms with E-state index < -0.39 is 0 Å². The van der Waals surface area contributed by atoms with Crippen molar-refractivity contribution in [2.24, 2.45) is 0 Å². The van der Waals surface area contributed by atoms with Crippen LogP contribution in [0.25, 0.3) is 0 Å². The first-order valence-corrected chi connectivity index (χ1v) is 4.49. The number of aryl methyl sites for hydroxylation is 2.